The molecule has 0 atom stereocenters. The summed E-state index contributed by atoms with van der Waals surface area (Å²) in [5.74, 6) is 0. The van der Waals surface area contributed by atoms with Crippen molar-refractivity contribution in [3.05, 3.63) is 0 Å². The summed E-state index contributed by atoms with van der Waals surface area (Å²) in [6, 6.07) is 0. The number of ether oxygens (including phenoxy) is 1. The lowest BCUT2D eigenvalue weighted by Crippen LogP contribution is -2.40. The third-order valence-corrected chi connectivity index (χ3v) is 3.93. The van der Waals surface area contributed by atoms with Crippen molar-refractivity contribution in [2.24, 2.45) is 0 Å². The average molecular weight is 286 g/mol. The Bertz CT molecular complexity index is 260. The summed E-state index contributed by atoms with van der Waals surface area (Å²) in [7, 11) is -3.00. The van der Waals surface area contributed by atoms with Gasteiger partial charge in [0.1, 0.15) is 0 Å². The number of hydrogen-bond acceptors (Lipinski definition) is 3. The highest BCUT2D eigenvalue weighted by Gasteiger charge is 2.24. The Balaban J connectivity index is 2.31. The van der Waals surface area contributed by atoms with Crippen molar-refractivity contribution in [1.29, 1.82) is 0 Å². The maximum atomic E-state index is 11.2. The molecular formula is C8H16BrNO3S. The molecule has 0 saturated carbocycles. The minimum atomic E-state index is -3.00. The molecule has 14 heavy (non-hydrogen) atoms. The maximum absolute atomic E-state index is 11.2. The van der Waals surface area contributed by atoms with Crippen LogP contribution in [-0.2, 0) is 14.8 Å². The zero-order valence-electron chi connectivity index (χ0n) is 8.28. The number of halogens is 1. The first-order valence-electron chi connectivity index (χ1n) is 4.66. The van der Waals surface area contributed by atoms with Crippen LogP contribution >= 0.6 is 15.9 Å². The predicted molar refractivity (Wildman–Crippen MR) is 59.2 cm³/mol. The van der Waals surface area contributed by atoms with Gasteiger partial charge in [-0.1, -0.05) is 15.9 Å². The lowest BCUT2D eigenvalue weighted by atomic mass is 10.1. The molecule has 84 valence electrons. The predicted octanol–water partition coefficient (Wildman–Crippen LogP) is 0.822. The molecule has 1 saturated heterocycles. The van der Waals surface area contributed by atoms with E-state index in [-0.39, 0.29) is 6.10 Å². The fourth-order valence-electron chi connectivity index (χ4n) is 1.54. The molecule has 0 aliphatic carbocycles. The maximum Gasteiger partial charge on any atom is 0.211 e. The largest absolute Gasteiger partial charge is 0.377 e. The van der Waals surface area contributed by atoms with Gasteiger partial charge in [0.2, 0.25) is 10.0 Å². The van der Waals surface area contributed by atoms with Gasteiger partial charge in [0.15, 0.2) is 0 Å². The van der Waals surface area contributed by atoms with Gasteiger partial charge in [-0.05, 0) is 12.8 Å². The van der Waals surface area contributed by atoms with Crippen molar-refractivity contribution in [2.45, 2.75) is 18.9 Å². The van der Waals surface area contributed by atoms with E-state index in [0.29, 0.717) is 19.7 Å². The number of sulfonamides is 1. The van der Waals surface area contributed by atoms with E-state index in [9.17, 15) is 8.42 Å². The van der Waals surface area contributed by atoms with E-state index in [1.807, 2.05) is 0 Å². The summed E-state index contributed by atoms with van der Waals surface area (Å²) in [5.41, 5.74) is 0. The Morgan fingerprint density at radius 1 is 1.43 bits per heavy atom. The van der Waals surface area contributed by atoms with Crippen LogP contribution in [0.5, 0.6) is 0 Å². The van der Waals surface area contributed by atoms with Gasteiger partial charge in [0.25, 0.3) is 0 Å². The zero-order chi connectivity index (χ0) is 10.6. The number of hydrogen-bond donors (Lipinski definition) is 0. The number of nitrogens with zero attached hydrogens (tertiary/aromatic N) is 1. The van der Waals surface area contributed by atoms with E-state index in [0.717, 1.165) is 18.2 Å². The molecular weight excluding hydrogens is 270 g/mol. The van der Waals surface area contributed by atoms with Gasteiger partial charge in [-0.3, -0.25) is 0 Å². The summed E-state index contributed by atoms with van der Waals surface area (Å²) in [6.45, 7) is 1.88. The summed E-state index contributed by atoms with van der Waals surface area (Å²) in [4.78, 5) is 0. The Labute approximate surface area is 93.8 Å². The molecule has 0 aromatic rings. The van der Waals surface area contributed by atoms with E-state index < -0.39 is 10.0 Å². The van der Waals surface area contributed by atoms with Crippen LogP contribution in [0, 0.1) is 0 Å². The third kappa shape index (κ3) is 3.84. The molecule has 1 heterocycles. The van der Waals surface area contributed by atoms with Crippen molar-refractivity contribution in [1.82, 2.24) is 4.31 Å². The number of rotatable bonds is 4. The topological polar surface area (TPSA) is 46.6 Å². The number of piperidine rings is 1. The Morgan fingerprint density at radius 3 is 2.43 bits per heavy atom. The molecule has 1 fully saturated rings. The minimum absolute atomic E-state index is 0.227. The summed E-state index contributed by atoms with van der Waals surface area (Å²) in [5, 5.41) is 0.833. The van der Waals surface area contributed by atoms with E-state index >= 15 is 0 Å². The highest BCUT2D eigenvalue weighted by molar-refractivity contribution is 9.09. The van der Waals surface area contributed by atoms with Crippen molar-refractivity contribution in [2.75, 3.05) is 31.3 Å². The molecule has 1 rings (SSSR count). The quantitative estimate of drug-likeness (QED) is 0.719. The lowest BCUT2D eigenvalue weighted by Gasteiger charge is -2.29. The van der Waals surface area contributed by atoms with Gasteiger partial charge >= 0.3 is 0 Å². The first-order chi connectivity index (χ1) is 6.54. The van der Waals surface area contributed by atoms with Crippen LogP contribution in [0.4, 0.5) is 0 Å². The van der Waals surface area contributed by atoms with Gasteiger partial charge in [0.05, 0.1) is 19.0 Å². The Morgan fingerprint density at radius 2 is 2.00 bits per heavy atom. The average Bonchev–Trinajstić information content (AvgIpc) is 2.14. The number of alkyl halides is 1. The fourth-order valence-corrected chi connectivity index (χ4v) is 2.60. The van der Waals surface area contributed by atoms with Crippen molar-refractivity contribution < 1.29 is 13.2 Å². The molecule has 0 aromatic carbocycles. The highest BCUT2D eigenvalue weighted by atomic mass is 79.9. The smallest absolute Gasteiger partial charge is 0.211 e. The second kappa shape index (κ2) is 5.44. The van der Waals surface area contributed by atoms with Crippen LogP contribution in [0.2, 0.25) is 0 Å². The Hall–Kier alpha value is 0.350. The normalized spacial score (nSPS) is 21.3. The van der Waals surface area contributed by atoms with Crippen LogP contribution in [0.3, 0.4) is 0 Å². The van der Waals surface area contributed by atoms with E-state index in [2.05, 4.69) is 15.9 Å². The van der Waals surface area contributed by atoms with Gasteiger partial charge < -0.3 is 4.74 Å². The SMILES string of the molecule is CS(=O)(=O)N1CCC(OCCBr)CC1. The molecule has 0 unspecified atom stereocenters. The van der Waals surface area contributed by atoms with Crippen LogP contribution in [0.15, 0.2) is 0 Å². The van der Waals surface area contributed by atoms with Crippen molar-refractivity contribution in [3.8, 4) is 0 Å². The lowest BCUT2D eigenvalue weighted by molar-refractivity contribution is 0.0310. The summed E-state index contributed by atoms with van der Waals surface area (Å²) >= 11 is 3.29. The summed E-state index contributed by atoms with van der Waals surface area (Å²) < 4.78 is 29.4. The van der Waals surface area contributed by atoms with Crippen LogP contribution in [-0.4, -0.2) is 50.1 Å². The molecule has 6 heteroatoms. The first kappa shape index (κ1) is 12.4. The van der Waals surface area contributed by atoms with Crippen LogP contribution in [0.25, 0.3) is 0 Å². The molecule has 0 N–H and O–H groups in total. The molecule has 0 amide bonds. The Kier molecular flexibility index (Phi) is 4.82. The van der Waals surface area contributed by atoms with Gasteiger partial charge in [-0.25, -0.2) is 12.7 Å². The molecule has 4 nitrogen and oxygen atoms in total. The van der Waals surface area contributed by atoms with Crippen molar-refractivity contribution >= 4 is 26.0 Å². The summed E-state index contributed by atoms with van der Waals surface area (Å²) in [6.07, 6.45) is 3.10. The molecule has 0 bridgehead atoms. The zero-order valence-corrected chi connectivity index (χ0v) is 10.7. The monoisotopic (exact) mass is 285 g/mol. The van der Waals surface area contributed by atoms with Crippen molar-refractivity contribution in [3.63, 3.8) is 0 Å². The standard InChI is InChI=1S/C8H16BrNO3S/c1-14(11,12)10-5-2-8(3-6-10)13-7-4-9/h8H,2-7H2,1H3. The van der Waals surface area contributed by atoms with E-state index in [1.54, 1.807) is 0 Å². The second-order valence-corrected chi connectivity index (χ2v) is 6.20. The second-order valence-electron chi connectivity index (χ2n) is 3.42. The van der Waals surface area contributed by atoms with Crippen LogP contribution < -0.4 is 0 Å². The van der Waals surface area contributed by atoms with E-state index in [4.69, 9.17) is 4.74 Å². The molecule has 0 spiro atoms. The van der Waals surface area contributed by atoms with Crippen LogP contribution in [0.1, 0.15) is 12.8 Å². The van der Waals surface area contributed by atoms with E-state index in [1.165, 1.54) is 10.6 Å². The highest BCUT2D eigenvalue weighted by Crippen LogP contribution is 2.15. The van der Waals surface area contributed by atoms with Gasteiger partial charge in [0, 0.05) is 18.4 Å². The molecule has 1 aliphatic rings. The molecule has 0 aromatic heterocycles. The first-order valence-corrected chi connectivity index (χ1v) is 7.63. The van der Waals surface area contributed by atoms with Gasteiger partial charge in [-0.15, -0.1) is 0 Å². The fraction of sp³-hybridized carbons (Fsp3) is 1.00. The van der Waals surface area contributed by atoms with Gasteiger partial charge in [-0.2, -0.15) is 0 Å². The third-order valence-electron chi connectivity index (χ3n) is 2.30. The molecule has 1 aliphatic heterocycles. The molecule has 0 radical (unpaired) electrons. The minimum Gasteiger partial charge on any atom is -0.377 e.